The second-order valence-electron chi connectivity index (χ2n) is 6.00. The van der Waals surface area contributed by atoms with E-state index in [1.165, 1.54) is 0 Å². The summed E-state index contributed by atoms with van der Waals surface area (Å²) in [7, 11) is 0. The van der Waals surface area contributed by atoms with Crippen molar-refractivity contribution >= 4 is 17.8 Å². The number of piperidine rings is 1. The van der Waals surface area contributed by atoms with E-state index in [1.807, 2.05) is 0 Å². The highest BCUT2D eigenvalue weighted by Gasteiger charge is 2.40. The summed E-state index contributed by atoms with van der Waals surface area (Å²) in [6, 6.07) is 6.48. The Morgan fingerprint density at radius 1 is 1.22 bits per heavy atom. The van der Waals surface area contributed by atoms with Crippen molar-refractivity contribution in [3.63, 3.8) is 0 Å². The van der Waals surface area contributed by atoms with Crippen molar-refractivity contribution in [1.82, 2.24) is 9.96 Å². The van der Waals surface area contributed by atoms with Crippen LogP contribution < -0.4 is 0 Å². The number of hydrogen-bond acceptors (Lipinski definition) is 5. The van der Waals surface area contributed by atoms with Crippen LogP contribution in [0.5, 0.6) is 0 Å². The molecule has 1 unspecified atom stereocenters. The molecule has 1 aromatic carbocycles. The molecular weight excluding hydrogens is 296 g/mol. The Balaban J connectivity index is 1.67. The van der Waals surface area contributed by atoms with Crippen molar-refractivity contribution in [1.29, 1.82) is 0 Å². The second-order valence-corrected chi connectivity index (χ2v) is 6.00. The van der Waals surface area contributed by atoms with Gasteiger partial charge in [0.1, 0.15) is 0 Å². The Bertz CT molecular complexity index is 606. The molecule has 0 spiro atoms. The first-order chi connectivity index (χ1) is 11.1. The first-order valence-electron chi connectivity index (χ1n) is 8.03. The molecule has 0 saturated carbocycles. The molecule has 2 aliphatic rings. The first-order valence-corrected chi connectivity index (χ1v) is 8.03. The van der Waals surface area contributed by atoms with Crippen LogP contribution in [0.2, 0.25) is 0 Å². The van der Waals surface area contributed by atoms with Gasteiger partial charge in [-0.05, 0) is 44.5 Å². The summed E-state index contributed by atoms with van der Waals surface area (Å²) in [6.45, 7) is 4.64. The van der Waals surface area contributed by atoms with Crippen LogP contribution in [0.3, 0.4) is 0 Å². The number of benzene rings is 1. The molecule has 0 N–H and O–H groups in total. The monoisotopic (exact) mass is 316 g/mol. The third-order valence-electron chi connectivity index (χ3n) is 4.32. The zero-order valence-electron chi connectivity index (χ0n) is 13.2. The number of imide groups is 1. The number of hydroxylamine groups is 2. The van der Waals surface area contributed by atoms with Crippen LogP contribution in [-0.2, 0) is 9.63 Å². The number of amides is 2. The number of carbonyl (C=O) groups is 3. The van der Waals surface area contributed by atoms with Crippen molar-refractivity contribution in [3.05, 3.63) is 35.4 Å². The SMILES string of the molecule is CCCN1CCCC(C(=O)ON2C(=O)c3ccccc3C2=O)C1. The maximum absolute atomic E-state index is 12.4. The van der Waals surface area contributed by atoms with E-state index in [0.717, 1.165) is 32.4 Å². The molecule has 2 amide bonds. The summed E-state index contributed by atoms with van der Waals surface area (Å²) in [5.74, 6) is -1.93. The standard InChI is InChI=1S/C17H20N2O4/c1-2-9-18-10-5-6-12(11-18)17(22)23-19-15(20)13-7-3-4-8-14(13)16(19)21/h3-4,7-8,12H,2,5-6,9-11H2,1H3. The Labute approximate surface area is 135 Å². The maximum atomic E-state index is 12.4. The molecule has 0 bridgehead atoms. The third kappa shape index (κ3) is 2.99. The van der Waals surface area contributed by atoms with E-state index in [2.05, 4.69) is 11.8 Å². The van der Waals surface area contributed by atoms with Gasteiger partial charge in [0.05, 0.1) is 17.0 Å². The number of likely N-dealkylation sites (tertiary alicyclic amines) is 1. The van der Waals surface area contributed by atoms with Crippen LogP contribution in [0.4, 0.5) is 0 Å². The van der Waals surface area contributed by atoms with Gasteiger partial charge in [0.15, 0.2) is 0 Å². The minimum atomic E-state index is -0.569. The fourth-order valence-corrected chi connectivity index (χ4v) is 3.18. The number of rotatable bonds is 4. The maximum Gasteiger partial charge on any atom is 0.337 e. The van der Waals surface area contributed by atoms with Gasteiger partial charge in [-0.1, -0.05) is 24.1 Å². The van der Waals surface area contributed by atoms with Crippen LogP contribution in [0.25, 0.3) is 0 Å². The summed E-state index contributed by atoms with van der Waals surface area (Å²) in [5, 5.41) is 0.603. The Hall–Kier alpha value is -2.21. The number of hydrogen-bond donors (Lipinski definition) is 0. The lowest BCUT2D eigenvalue weighted by molar-refractivity contribution is -0.175. The second kappa shape index (κ2) is 6.50. The van der Waals surface area contributed by atoms with Gasteiger partial charge in [0, 0.05) is 6.54 Å². The molecular formula is C17H20N2O4. The highest BCUT2D eigenvalue weighted by Crippen LogP contribution is 2.25. The van der Waals surface area contributed by atoms with Crippen molar-refractivity contribution in [3.8, 4) is 0 Å². The van der Waals surface area contributed by atoms with E-state index in [1.54, 1.807) is 24.3 Å². The van der Waals surface area contributed by atoms with Crippen LogP contribution in [0.1, 0.15) is 46.9 Å². The minimum absolute atomic E-state index is 0.279. The highest BCUT2D eigenvalue weighted by molar-refractivity contribution is 6.20. The number of fused-ring (bicyclic) bond motifs is 1. The highest BCUT2D eigenvalue weighted by atomic mass is 16.7. The summed E-state index contributed by atoms with van der Waals surface area (Å²) >= 11 is 0. The van der Waals surface area contributed by atoms with Gasteiger partial charge < -0.3 is 9.74 Å². The van der Waals surface area contributed by atoms with Gasteiger partial charge in [0.2, 0.25) is 0 Å². The normalized spacial score (nSPS) is 21.4. The molecule has 1 atom stereocenters. The molecule has 0 radical (unpaired) electrons. The first kappa shape index (κ1) is 15.7. The van der Waals surface area contributed by atoms with Crippen molar-refractivity contribution < 1.29 is 19.2 Å². The summed E-state index contributed by atoms with van der Waals surface area (Å²) < 4.78 is 0. The molecule has 6 nitrogen and oxygen atoms in total. The average molecular weight is 316 g/mol. The van der Waals surface area contributed by atoms with Crippen LogP contribution in [-0.4, -0.2) is 47.4 Å². The van der Waals surface area contributed by atoms with E-state index in [9.17, 15) is 14.4 Å². The van der Waals surface area contributed by atoms with Crippen molar-refractivity contribution in [2.24, 2.45) is 5.92 Å². The molecule has 2 heterocycles. The average Bonchev–Trinajstić information content (AvgIpc) is 2.81. The third-order valence-corrected chi connectivity index (χ3v) is 4.32. The molecule has 2 aliphatic heterocycles. The number of carbonyl (C=O) groups excluding carboxylic acids is 3. The lowest BCUT2D eigenvalue weighted by Crippen LogP contribution is -2.42. The van der Waals surface area contributed by atoms with Gasteiger partial charge in [-0.2, -0.15) is 0 Å². The Kier molecular flexibility index (Phi) is 4.43. The zero-order chi connectivity index (χ0) is 16.4. The molecule has 1 aromatic rings. The van der Waals surface area contributed by atoms with Gasteiger partial charge in [-0.3, -0.25) is 9.59 Å². The lowest BCUT2D eigenvalue weighted by atomic mass is 9.98. The lowest BCUT2D eigenvalue weighted by Gasteiger charge is -2.31. The van der Waals surface area contributed by atoms with E-state index in [4.69, 9.17) is 4.84 Å². The minimum Gasteiger partial charge on any atom is -0.329 e. The topological polar surface area (TPSA) is 66.9 Å². The quantitative estimate of drug-likeness (QED) is 0.793. The summed E-state index contributed by atoms with van der Waals surface area (Å²) in [6.07, 6.45) is 2.67. The predicted octanol–water partition coefficient (Wildman–Crippen LogP) is 1.86. The zero-order valence-corrected chi connectivity index (χ0v) is 13.2. The van der Waals surface area contributed by atoms with Gasteiger partial charge >= 0.3 is 5.97 Å². The fraction of sp³-hybridized carbons (Fsp3) is 0.471. The molecule has 6 heteroatoms. The molecule has 1 saturated heterocycles. The van der Waals surface area contributed by atoms with Gasteiger partial charge in [-0.25, -0.2) is 4.79 Å². The van der Waals surface area contributed by atoms with Crippen molar-refractivity contribution in [2.75, 3.05) is 19.6 Å². The fourth-order valence-electron chi connectivity index (χ4n) is 3.18. The summed E-state index contributed by atoms with van der Waals surface area (Å²) in [5.41, 5.74) is 0.558. The Morgan fingerprint density at radius 3 is 2.48 bits per heavy atom. The van der Waals surface area contributed by atoms with Gasteiger partial charge in [-0.15, -0.1) is 0 Å². The van der Waals surface area contributed by atoms with Crippen molar-refractivity contribution in [2.45, 2.75) is 26.2 Å². The smallest absolute Gasteiger partial charge is 0.329 e. The van der Waals surface area contributed by atoms with Gasteiger partial charge in [0.25, 0.3) is 11.8 Å². The molecule has 3 rings (SSSR count). The molecule has 0 aromatic heterocycles. The molecule has 1 fully saturated rings. The molecule has 0 aliphatic carbocycles. The van der Waals surface area contributed by atoms with Crippen LogP contribution >= 0.6 is 0 Å². The largest absolute Gasteiger partial charge is 0.337 e. The van der Waals surface area contributed by atoms with Crippen LogP contribution in [0, 0.1) is 5.92 Å². The number of nitrogens with zero attached hydrogens (tertiary/aromatic N) is 2. The van der Waals surface area contributed by atoms with E-state index < -0.39 is 17.8 Å². The van der Waals surface area contributed by atoms with E-state index >= 15 is 0 Å². The predicted molar refractivity (Wildman–Crippen MR) is 82.5 cm³/mol. The molecule has 122 valence electrons. The van der Waals surface area contributed by atoms with E-state index in [0.29, 0.717) is 11.6 Å². The molecule has 23 heavy (non-hydrogen) atoms. The van der Waals surface area contributed by atoms with Crippen LogP contribution in [0.15, 0.2) is 24.3 Å². The summed E-state index contributed by atoms with van der Waals surface area (Å²) in [4.78, 5) is 44.1. The Morgan fingerprint density at radius 2 is 1.87 bits per heavy atom. The van der Waals surface area contributed by atoms with E-state index in [-0.39, 0.29) is 17.0 Å².